The van der Waals surface area contributed by atoms with Crippen molar-refractivity contribution in [2.24, 2.45) is 4.99 Å². The Kier molecular flexibility index (Phi) is 5.47. The summed E-state index contributed by atoms with van der Waals surface area (Å²) in [5, 5.41) is 9.55. The van der Waals surface area contributed by atoms with Crippen molar-refractivity contribution in [3.63, 3.8) is 0 Å². The standard InChI is InChI=1S/C22H21ClN2O2/c1-4-16-7-5-6-8-21(16)24-13-17-11-14(2)25(15(17)3)18-9-10-20(23)19(12-18)22(26)27/h5-13H,4H2,1-3H3,(H,26,27). The molecule has 0 saturated carbocycles. The quantitative estimate of drug-likeness (QED) is 0.572. The summed E-state index contributed by atoms with van der Waals surface area (Å²) in [6.07, 6.45) is 2.79. The van der Waals surface area contributed by atoms with Gasteiger partial charge in [0.15, 0.2) is 0 Å². The van der Waals surface area contributed by atoms with Crippen LogP contribution in [0.15, 0.2) is 53.5 Å². The van der Waals surface area contributed by atoms with Gasteiger partial charge < -0.3 is 9.67 Å². The van der Waals surface area contributed by atoms with E-state index >= 15 is 0 Å². The molecule has 3 aromatic rings. The van der Waals surface area contributed by atoms with Crippen molar-refractivity contribution in [3.8, 4) is 5.69 Å². The van der Waals surface area contributed by atoms with E-state index in [1.807, 2.05) is 55.0 Å². The number of aryl methyl sites for hydroxylation is 2. The molecule has 0 spiro atoms. The molecule has 1 heterocycles. The molecular weight excluding hydrogens is 360 g/mol. The lowest BCUT2D eigenvalue weighted by Crippen LogP contribution is -2.03. The van der Waals surface area contributed by atoms with Gasteiger partial charge in [0.2, 0.25) is 0 Å². The topological polar surface area (TPSA) is 54.6 Å². The zero-order valence-corrected chi connectivity index (χ0v) is 16.3. The number of halogens is 1. The summed E-state index contributed by atoms with van der Waals surface area (Å²) >= 11 is 6.00. The second-order valence-electron chi connectivity index (χ2n) is 6.37. The molecule has 3 rings (SSSR count). The number of aliphatic imine (C=N–C) groups is 1. The van der Waals surface area contributed by atoms with Crippen LogP contribution in [0.1, 0.15) is 39.8 Å². The molecule has 4 nitrogen and oxygen atoms in total. The van der Waals surface area contributed by atoms with Crippen molar-refractivity contribution in [3.05, 3.63) is 81.6 Å². The second kappa shape index (κ2) is 7.80. The number of hydrogen-bond acceptors (Lipinski definition) is 2. The van der Waals surface area contributed by atoms with Gasteiger partial charge in [0, 0.05) is 28.9 Å². The Morgan fingerprint density at radius 3 is 2.63 bits per heavy atom. The molecule has 138 valence electrons. The van der Waals surface area contributed by atoms with Crippen molar-refractivity contribution in [2.75, 3.05) is 0 Å². The highest BCUT2D eigenvalue weighted by atomic mass is 35.5. The van der Waals surface area contributed by atoms with Gasteiger partial charge in [-0.3, -0.25) is 4.99 Å². The minimum atomic E-state index is -1.04. The number of benzene rings is 2. The SMILES string of the molecule is CCc1ccccc1N=Cc1cc(C)n(-c2ccc(Cl)c(C(=O)O)c2)c1C. The van der Waals surface area contributed by atoms with E-state index in [1.54, 1.807) is 12.1 Å². The monoisotopic (exact) mass is 380 g/mol. The number of rotatable bonds is 5. The predicted molar refractivity (Wildman–Crippen MR) is 110 cm³/mol. The highest BCUT2D eigenvalue weighted by Crippen LogP contribution is 2.25. The van der Waals surface area contributed by atoms with Crippen LogP contribution in [0, 0.1) is 13.8 Å². The fourth-order valence-corrected chi connectivity index (χ4v) is 3.41. The number of hydrogen-bond donors (Lipinski definition) is 1. The average molecular weight is 381 g/mol. The van der Waals surface area contributed by atoms with Gasteiger partial charge in [-0.2, -0.15) is 0 Å². The van der Waals surface area contributed by atoms with Crippen molar-refractivity contribution in [2.45, 2.75) is 27.2 Å². The predicted octanol–water partition coefficient (Wildman–Crippen LogP) is 5.76. The van der Waals surface area contributed by atoms with Crippen molar-refractivity contribution < 1.29 is 9.90 Å². The van der Waals surface area contributed by atoms with E-state index in [2.05, 4.69) is 18.0 Å². The molecule has 2 aromatic carbocycles. The number of aromatic nitrogens is 1. The number of carboxylic acid groups (broad SMARTS) is 1. The van der Waals surface area contributed by atoms with Crippen LogP contribution in [0.25, 0.3) is 5.69 Å². The summed E-state index contributed by atoms with van der Waals surface area (Å²) < 4.78 is 2.01. The fraction of sp³-hybridized carbons (Fsp3) is 0.182. The van der Waals surface area contributed by atoms with Crippen molar-refractivity contribution in [1.29, 1.82) is 0 Å². The highest BCUT2D eigenvalue weighted by Gasteiger charge is 2.14. The minimum Gasteiger partial charge on any atom is -0.478 e. The molecule has 0 amide bonds. The molecule has 0 fully saturated rings. The largest absolute Gasteiger partial charge is 0.478 e. The molecule has 1 N–H and O–H groups in total. The van der Waals surface area contributed by atoms with Gasteiger partial charge in [-0.25, -0.2) is 4.79 Å². The molecule has 0 aliphatic carbocycles. The van der Waals surface area contributed by atoms with Crippen LogP contribution in [-0.2, 0) is 6.42 Å². The van der Waals surface area contributed by atoms with E-state index in [0.717, 1.165) is 34.7 Å². The van der Waals surface area contributed by atoms with Gasteiger partial charge in [-0.1, -0.05) is 36.7 Å². The van der Waals surface area contributed by atoms with Crippen LogP contribution < -0.4 is 0 Å². The van der Waals surface area contributed by atoms with E-state index in [4.69, 9.17) is 11.6 Å². The lowest BCUT2D eigenvalue weighted by Gasteiger charge is -2.11. The first-order chi connectivity index (χ1) is 12.9. The summed E-state index contributed by atoms with van der Waals surface area (Å²) in [7, 11) is 0. The highest BCUT2D eigenvalue weighted by molar-refractivity contribution is 6.33. The maximum atomic E-state index is 11.4. The summed E-state index contributed by atoms with van der Waals surface area (Å²) in [6, 6.07) is 15.2. The Labute approximate surface area is 163 Å². The molecule has 27 heavy (non-hydrogen) atoms. The summed E-state index contributed by atoms with van der Waals surface area (Å²) in [5.74, 6) is -1.04. The molecule has 0 saturated heterocycles. The summed E-state index contributed by atoms with van der Waals surface area (Å²) in [4.78, 5) is 16.0. The third kappa shape index (κ3) is 3.81. The molecular formula is C22H21ClN2O2. The van der Waals surface area contributed by atoms with Crippen LogP contribution in [0.3, 0.4) is 0 Å². The number of aromatic carboxylic acids is 1. The number of para-hydroxylation sites is 1. The van der Waals surface area contributed by atoms with Gasteiger partial charge in [0.25, 0.3) is 0 Å². The number of carboxylic acids is 1. The first-order valence-electron chi connectivity index (χ1n) is 8.76. The maximum absolute atomic E-state index is 11.4. The molecule has 0 radical (unpaired) electrons. The molecule has 0 aliphatic rings. The van der Waals surface area contributed by atoms with Crippen LogP contribution in [-0.4, -0.2) is 21.9 Å². The van der Waals surface area contributed by atoms with E-state index < -0.39 is 5.97 Å². The van der Waals surface area contributed by atoms with E-state index in [1.165, 1.54) is 5.56 Å². The van der Waals surface area contributed by atoms with Crippen molar-refractivity contribution >= 4 is 29.5 Å². The van der Waals surface area contributed by atoms with Gasteiger partial charge >= 0.3 is 5.97 Å². The third-order valence-electron chi connectivity index (χ3n) is 4.62. The Balaban J connectivity index is 2.02. The number of nitrogens with zero attached hydrogens (tertiary/aromatic N) is 2. The molecule has 0 bridgehead atoms. The maximum Gasteiger partial charge on any atom is 0.337 e. The van der Waals surface area contributed by atoms with Gasteiger partial charge in [-0.05, 0) is 56.2 Å². The van der Waals surface area contributed by atoms with Gasteiger partial charge in [-0.15, -0.1) is 0 Å². The molecule has 0 unspecified atom stereocenters. The second-order valence-corrected chi connectivity index (χ2v) is 6.78. The Morgan fingerprint density at radius 2 is 1.93 bits per heavy atom. The molecule has 1 aromatic heterocycles. The van der Waals surface area contributed by atoms with Crippen LogP contribution in [0.2, 0.25) is 5.02 Å². The Bertz CT molecular complexity index is 1030. The summed E-state index contributed by atoms with van der Waals surface area (Å²) in [5.41, 5.74) is 6.00. The molecule has 0 aliphatic heterocycles. The van der Waals surface area contributed by atoms with Crippen LogP contribution in [0.4, 0.5) is 5.69 Å². The smallest absolute Gasteiger partial charge is 0.337 e. The lowest BCUT2D eigenvalue weighted by molar-refractivity contribution is 0.0697. The minimum absolute atomic E-state index is 0.0914. The van der Waals surface area contributed by atoms with Crippen LogP contribution in [0.5, 0.6) is 0 Å². The average Bonchev–Trinajstić information content (AvgIpc) is 2.94. The first kappa shape index (κ1) is 18.9. The van der Waals surface area contributed by atoms with E-state index in [9.17, 15) is 9.90 Å². The third-order valence-corrected chi connectivity index (χ3v) is 4.95. The van der Waals surface area contributed by atoms with E-state index in [0.29, 0.717) is 0 Å². The van der Waals surface area contributed by atoms with Gasteiger partial charge in [0.1, 0.15) is 0 Å². The van der Waals surface area contributed by atoms with Crippen LogP contribution >= 0.6 is 11.6 Å². The summed E-state index contributed by atoms with van der Waals surface area (Å²) in [6.45, 7) is 6.09. The lowest BCUT2D eigenvalue weighted by atomic mass is 10.1. The Morgan fingerprint density at radius 1 is 1.19 bits per heavy atom. The first-order valence-corrected chi connectivity index (χ1v) is 9.14. The zero-order chi connectivity index (χ0) is 19.6. The molecule has 5 heteroatoms. The Hall–Kier alpha value is -2.85. The van der Waals surface area contributed by atoms with E-state index in [-0.39, 0.29) is 10.6 Å². The molecule has 0 atom stereocenters. The zero-order valence-electron chi connectivity index (χ0n) is 15.5. The number of carbonyl (C=O) groups is 1. The van der Waals surface area contributed by atoms with Gasteiger partial charge in [0.05, 0.1) is 16.3 Å². The normalized spacial score (nSPS) is 11.3. The fourth-order valence-electron chi connectivity index (χ4n) is 3.21. The van der Waals surface area contributed by atoms with Crippen molar-refractivity contribution in [1.82, 2.24) is 4.57 Å².